The van der Waals surface area contributed by atoms with Crippen LogP contribution in [0, 0.1) is 6.92 Å². The summed E-state index contributed by atoms with van der Waals surface area (Å²) in [6, 6.07) is 8.13. The predicted octanol–water partition coefficient (Wildman–Crippen LogP) is 3.52. The standard InChI is InChI=1S/C21H35N3O3.HI/c1-3-22-21(23-12-5-14-25-17-20-7-4-15-27-20)24-13-6-16-26-19-10-8-18(2)9-11-19;/h8-11,20H,3-7,12-17H2,1-2H3,(H2,22,23,24);1H. The maximum atomic E-state index is 5.73. The van der Waals surface area contributed by atoms with Crippen LogP contribution in [0.3, 0.4) is 0 Å². The quantitative estimate of drug-likeness (QED) is 0.197. The molecule has 0 bridgehead atoms. The Kier molecular flexibility index (Phi) is 14.1. The number of nitrogens with zero attached hydrogens (tertiary/aromatic N) is 1. The van der Waals surface area contributed by atoms with Gasteiger partial charge >= 0.3 is 0 Å². The number of halogens is 1. The lowest BCUT2D eigenvalue weighted by atomic mass is 10.2. The Bertz CT molecular complexity index is 534. The molecule has 160 valence electrons. The molecule has 28 heavy (non-hydrogen) atoms. The fraction of sp³-hybridized carbons (Fsp3) is 0.667. The van der Waals surface area contributed by atoms with Crippen molar-refractivity contribution in [2.45, 2.75) is 45.6 Å². The molecule has 0 saturated carbocycles. The molecule has 1 atom stereocenters. The van der Waals surface area contributed by atoms with Gasteiger partial charge in [-0.2, -0.15) is 0 Å². The molecule has 1 aromatic rings. The molecule has 1 fully saturated rings. The molecule has 0 amide bonds. The zero-order chi connectivity index (χ0) is 19.2. The van der Waals surface area contributed by atoms with E-state index in [2.05, 4.69) is 41.6 Å². The fourth-order valence-corrected chi connectivity index (χ4v) is 2.79. The van der Waals surface area contributed by atoms with Crippen molar-refractivity contribution in [1.29, 1.82) is 0 Å². The van der Waals surface area contributed by atoms with E-state index >= 15 is 0 Å². The number of benzene rings is 1. The van der Waals surface area contributed by atoms with Gasteiger partial charge in [-0.15, -0.1) is 24.0 Å². The molecule has 6 nitrogen and oxygen atoms in total. The number of rotatable bonds is 12. The molecule has 1 aliphatic heterocycles. The van der Waals surface area contributed by atoms with E-state index in [9.17, 15) is 0 Å². The molecule has 0 radical (unpaired) electrons. The van der Waals surface area contributed by atoms with Crippen molar-refractivity contribution in [3.8, 4) is 5.75 Å². The second kappa shape index (κ2) is 15.8. The van der Waals surface area contributed by atoms with E-state index in [-0.39, 0.29) is 24.0 Å². The van der Waals surface area contributed by atoms with Gasteiger partial charge in [-0.3, -0.25) is 4.99 Å². The highest BCUT2D eigenvalue weighted by atomic mass is 127. The van der Waals surface area contributed by atoms with Crippen LogP contribution in [0.15, 0.2) is 29.3 Å². The summed E-state index contributed by atoms with van der Waals surface area (Å²) in [5.41, 5.74) is 1.24. The first-order chi connectivity index (χ1) is 13.3. The second-order valence-electron chi connectivity index (χ2n) is 6.77. The highest BCUT2D eigenvalue weighted by Gasteiger charge is 2.14. The average Bonchev–Trinajstić information content (AvgIpc) is 3.19. The van der Waals surface area contributed by atoms with Crippen molar-refractivity contribution < 1.29 is 14.2 Å². The lowest BCUT2D eigenvalue weighted by molar-refractivity contribution is 0.0168. The van der Waals surface area contributed by atoms with Crippen LogP contribution in [0.5, 0.6) is 5.75 Å². The Balaban J connectivity index is 0.00000392. The average molecular weight is 505 g/mol. The molecular formula is C21H36IN3O3. The van der Waals surface area contributed by atoms with E-state index in [1.165, 1.54) is 5.56 Å². The van der Waals surface area contributed by atoms with E-state index < -0.39 is 0 Å². The monoisotopic (exact) mass is 505 g/mol. The van der Waals surface area contributed by atoms with E-state index in [0.717, 1.165) is 76.8 Å². The van der Waals surface area contributed by atoms with E-state index in [4.69, 9.17) is 14.2 Å². The Labute approximate surface area is 186 Å². The molecule has 2 rings (SSSR count). The molecule has 0 spiro atoms. The van der Waals surface area contributed by atoms with Crippen LogP contribution in [-0.2, 0) is 9.47 Å². The molecule has 1 heterocycles. The summed E-state index contributed by atoms with van der Waals surface area (Å²) in [7, 11) is 0. The lowest BCUT2D eigenvalue weighted by Crippen LogP contribution is -2.38. The van der Waals surface area contributed by atoms with Gasteiger partial charge < -0.3 is 24.8 Å². The number of nitrogens with one attached hydrogen (secondary N) is 2. The van der Waals surface area contributed by atoms with Crippen molar-refractivity contribution in [2.24, 2.45) is 4.99 Å². The van der Waals surface area contributed by atoms with Crippen LogP contribution in [0.2, 0.25) is 0 Å². The second-order valence-corrected chi connectivity index (χ2v) is 6.77. The van der Waals surface area contributed by atoms with Gasteiger partial charge in [0.15, 0.2) is 5.96 Å². The molecule has 1 aromatic carbocycles. The molecule has 0 aromatic heterocycles. The lowest BCUT2D eigenvalue weighted by Gasteiger charge is -2.12. The number of aryl methyl sites for hydroxylation is 1. The molecule has 1 unspecified atom stereocenters. The molecule has 7 heteroatoms. The predicted molar refractivity (Wildman–Crippen MR) is 125 cm³/mol. The topological polar surface area (TPSA) is 64.1 Å². The van der Waals surface area contributed by atoms with Gasteiger partial charge in [0.05, 0.1) is 19.3 Å². The van der Waals surface area contributed by atoms with Crippen LogP contribution in [0.1, 0.15) is 38.2 Å². The Morgan fingerprint density at radius 2 is 2.00 bits per heavy atom. The maximum Gasteiger partial charge on any atom is 0.191 e. The highest BCUT2D eigenvalue weighted by molar-refractivity contribution is 14.0. The van der Waals surface area contributed by atoms with Gasteiger partial charge in [0.25, 0.3) is 0 Å². The van der Waals surface area contributed by atoms with Crippen molar-refractivity contribution in [2.75, 3.05) is 46.1 Å². The smallest absolute Gasteiger partial charge is 0.191 e. The van der Waals surface area contributed by atoms with Crippen LogP contribution in [0.4, 0.5) is 0 Å². The van der Waals surface area contributed by atoms with E-state index in [1.54, 1.807) is 0 Å². The summed E-state index contributed by atoms with van der Waals surface area (Å²) in [4.78, 5) is 4.59. The van der Waals surface area contributed by atoms with Crippen molar-refractivity contribution in [3.63, 3.8) is 0 Å². The summed E-state index contributed by atoms with van der Waals surface area (Å²) in [5.74, 6) is 1.77. The number of hydrogen-bond acceptors (Lipinski definition) is 4. The number of ether oxygens (including phenoxy) is 3. The van der Waals surface area contributed by atoms with Crippen molar-refractivity contribution in [3.05, 3.63) is 29.8 Å². The Hall–Kier alpha value is -1.06. The van der Waals surface area contributed by atoms with Crippen molar-refractivity contribution >= 4 is 29.9 Å². The summed E-state index contributed by atoms with van der Waals surface area (Å²) < 4.78 is 17.0. The number of guanidine groups is 1. The first-order valence-corrected chi connectivity index (χ1v) is 10.2. The third-order valence-corrected chi connectivity index (χ3v) is 4.29. The van der Waals surface area contributed by atoms with Gasteiger partial charge in [-0.1, -0.05) is 17.7 Å². The summed E-state index contributed by atoms with van der Waals surface area (Å²) in [5, 5.41) is 6.62. The summed E-state index contributed by atoms with van der Waals surface area (Å²) in [6.07, 6.45) is 4.43. The molecule has 0 aliphatic carbocycles. The van der Waals surface area contributed by atoms with Gasteiger partial charge in [-0.25, -0.2) is 0 Å². The minimum Gasteiger partial charge on any atom is -0.494 e. The van der Waals surface area contributed by atoms with Crippen LogP contribution < -0.4 is 15.4 Å². The minimum absolute atomic E-state index is 0. The van der Waals surface area contributed by atoms with Crippen LogP contribution in [0.25, 0.3) is 0 Å². The van der Waals surface area contributed by atoms with Crippen LogP contribution >= 0.6 is 24.0 Å². The number of aliphatic imine (C=N–C) groups is 1. The molecule has 1 aliphatic rings. The number of hydrogen-bond donors (Lipinski definition) is 2. The van der Waals surface area contributed by atoms with Crippen LogP contribution in [-0.4, -0.2) is 58.1 Å². The van der Waals surface area contributed by atoms with E-state index in [0.29, 0.717) is 12.7 Å². The maximum absolute atomic E-state index is 5.73. The van der Waals surface area contributed by atoms with Gasteiger partial charge in [-0.05, 0) is 45.2 Å². The molecule has 2 N–H and O–H groups in total. The normalized spacial score (nSPS) is 16.5. The SMILES string of the molecule is CCNC(=NCCCOc1ccc(C)cc1)NCCCOCC1CCCO1.I. The summed E-state index contributed by atoms with van der Waals surface area (Å²) >= 11 is 0. The Morgan fingerprint density at radius 3 is 2.71 bits per heavy atom. The highest BCUT2D eigenvalue weighted by Crippen LogP contribution is 2.12. The largest absolute Gasteiger partial charge is 0.494 e. The third-order valence-electron chi connectivity index (χ3n) is 4.29. The summed E-state index contributed by atoms with van der Waals surface area (Å²) in [6.45, 7) is 9.59. The molecule has 1 saturated heterocycles. The minimum atomic E-state index is 0. The van der Waals surface area contributed by atoms with Gasteiger partial charge in [0.2, 0.25) is 0 Å². The third kappa shape index (κ3) is 11.1. The van der Waals surface area contributed by atoms with Crippen molar-refractivity contribution in [1.82, 2.24) is 10.6 Å². The fourth-order valence-electron chi connectivity index (χ4n) is 2.79. The zero-order valence-corrected chi connectivity index (χ0v) is 19.6. The first kappa shape index (κ1) is 25.0. The molecular weight excluding hydrogens is 469 g/mol. The van der Waals surface area contributed by atoms with E-state index in [1.807, 2.05) is 12.1 Å². The van der Waals surface area contributed by atoms with Gasteiger partial charge in [0.1, 0.15) is 5.75 Å². The Morgan fingerprint density at radius 1 is 1.18 bits per heavy atom. The first-order valence-electron chi connectivity index (χ1n) is 10.2. The zero-order valence-electron chi connectivity index (χ0n) is 17.2. The van der Waals surface area contributed by atoms with Gasteiger partial charge in [0, 0.05) is 39.3 Å².